The van der Waals surface area contributed by atoms with Gasteiger partial charge >= 0.3 is 0 Å². The Morgan fingerprint density at radius 1 is 1.10 bits per heavy atom. The van der Waals surface area contributed by atoms with Gasteiger partial charge < -0.3 is 19.7 Å². The van der Waals surface area contributed by atoms with Crippen molar-refractivity contribution in [3.8, 4) is 11.5 Å². The monoisotopic (exact) mass is 410 g/mol. The fourth-order valence-electron chi connectivity index (χ4n) is 3.78. The number of nitrogens with zero attached hydrogens (tertiary/aromatic N) is 1. The number of carbonyl (C=O) groups excluding carboxylic acids is 2. The highest BCUT2D eigenvalue weighted by molar-refractivity contribution is 5.88. The van der Waals surface area contributed by atoms with Crippen molar-refractivity contribution in [2.75, 3.05) is 14.2 Å². The molecule has 1 aliphatic heterocycles. The van der Waals surface area contributed by atoms with Crippen molar-refractivity contribution in [3.05, 3.63) is 59.2 Å². The first-order valence-corrected chi connectivity index (χ1v) is 10.3. The predicted octanol–water partition coefficient (Wildman–Crippen LogP) is 3.32. The van der Waals surface area contributed by atoms with Gasteiger partial charge in [-0.2, -0.15) is 0 Å². The zero-order valence-corrected chi connectivity index (χ0v) is 18.1. The van der Waals surface area contributed by atoms with Gasteiger partial charge in [0.25, 0.3) is 0 Å². The SMILES string of the molecule is COc1ccc(CNC(=O)C2Cc3ccccc3CN2C(=O)CC(C)C)c(OC)c1. The van der Waals surface area contributed by atoms with E-state index in [1.807, 2.05) is 50.2 Å². The van der Waals surface area contributed by atoms with Gasteiger partial charge in [0.2, 0.25) is 11.8 Å². The summed E-state index contributed by atoms with van der Waals surface area (Å²) in [5, 5.41) is 3.00. The summed E-state index contributed by atoms with van der Waals surface area (Å²) < 4.78 is 10.6. The Balaban J connectivity index is 1.77. The molecular formula is C24H30N2O4. The Bertz CT molecular complexity index is 910. The van der Waals surface area contributed by atoms with Gasteiger partial charge in [-0.15, -0.1) is 0 Å². The molecule has 1 atom stereocenters. The quantitative estimate of drug-likeness (QED) is 0.760. The summed E-state index contributed by atoms with van der Waals surface area (Å²) in [7, 11) is 3.18. The Labute approximate surface area is 178 Å². The number of amides is 2. The molecule has 2 aromatic rings. The molecule has 0 saturated carbocycles. The fourth-order valence-corrected chi connectivity index (χ4v) is 3.78. The smallest absolute Gasteiger partial charge is 0.243 e. The van der Waals surface area contributed by atoms with E-state index in [0.29, 0.717) is 37.4 Å². The summed E-state index contributed by atoms with van der Waals surface area (Å²) in [4.78, 5) is 27.7. The number of methoxy groups -OCH3 is 2. The van der Waals surface area contributed by atoms with E-state index < -0.39 is 6.04 Å². The second-order valence-electron chi connectivity index (χ2n) is 8.00. The molecule has 0 aliphatic carbocycles. The van der Waals surface area contributed by atoms with Crippen LogP contribution in [-0.4, -0.2) is 37.0 Å². The minimum absolute atomic E-state index is 0.0154. The molecule has 0 saturated heterocycles. The first-order valence-electron chi connectivity index (χ1n) is 10.3. The molecule has 1 heterocycles. The van der Waals surface area contributed by atoms with Crippen molar-refractivity contribution in [3.63, 3.8) is 0 Å². The molecule has 0 fully saturated rings. The lowest BCUT2D eigenvalue weighted by Crippen LogP contribution is -2.52. The van der Waals surface area contributed by atoms with Crippen molar-refractivity contribution in [2.45, 2.75) is 45.8 Å². The molecule has 0 bridgehead atoms. The van der Waals surface area contributed by atoms with Crippen LogP contribution in [0.4, 0.5) is 0 Å². The van der Waals surface area contributed by atoms with Gasteiger partial charge in [-0.3, -0.25) is 9.59 Å². The molecule has 160 valence electrons. The predicted molar refractivity (Wildman–Crippen MR) is 115 cm³/mol. The van der Waals surface area contributed by atoms with E-state index in [9.17, 15) is 9.59 Å². The van der Waals surface area contributed by atoms with Crippen LogP contribution in [0.2, 0.25) is 0 Å². The number of nitrogens with one attached hydrogen (secondary N) is 1. The summed E-state index contributed by atoms with van der Waals surface area (Å²) in [6.07, 6.45) is 0.948. The Morgan fingerprint density at radius 2 is 1.83 bits per heavy atom. The highest BCUT2D eigenvalue weighted by Crippen LogP contribution is 2.26. The van der Waals surface area contributed by atoms with Gasteiger partial charge in [-0.05, 0) is 29.2 Å². The number of hydrogen-bond donors (Lipinski definition) is 1. The lowest BCUT2D eigenvalue weighted by Gasteiger charge is -2.36. The van der Waals surface area contributed by atoms with Crippen LogP contribution in [-0.2, 0) is 29.1 Å². The fraction of sp³-hybridized carbons (Fsp3) is 0.417. The third kappa shape index (κ3) is 4.93. The number of benzene rings is 2. The number of hydrogen-bond acceptors (Lipinski definition) is 4. The normalized spacial score (nSPS) is 15.5. The maximum absolute atomic E-state index is 13.1. The minimum atomic E-state index is -0.518. The standard InChI is InChI=1S/C24H30N2O4/c1-16(2)11-23(27)26-15-19-8-6-5-7-17(19)12-21(26)24(28)25-14-18-9-10-20(29-3)13-22(18)30-4/h5-10,13,16,21H,11-12,14-15H2,1-4H3,(H,25,28). The van der Waals surface area contributed by atoms with Gasteiger partial charge in [0.1, 0.15) is 17.5 Å². The van der Waals surface area contributed by atoms with Crippen molar-refractivity contribution >= 4 is 11.8 Å². The number of fused-ring (bicyclic) bond motifs is 1. The summed E-state index contributed by atoms with van der Waals surface area (Å²) in [6, 6.07) is 13.0. The minimum Gasteiger partial charge on any atom is -0.497 e. The van der Waals surface area contributed by atoms with E-state index >= 15 is 0 Å². The summed E-state index contributed by atoms with van der Waals surface area (Å²) >= 11 is 0. The van der Waals surface area contributed by atoms with Crippen molar-refractivity contribution in [2.24, 2.45) is 5.92 Å². The zero-order valence-electron chi connectivity index (χ0n) is 18.1. The van der Waals surface area contributed by atoms with E-state index in [1.54, 1.807) is 25.2 Å². The summed E-state index contributed by atoms with van der Waals surface area (Å²) in [5.41, 5.74) is 3.08. The first kappa shape index (κ1) is 21.7. The van der Waals surface area contributed by atoms with Crippen LogP contribution < -0.4 is 14.8 Å². The molecular weight excluding hydrogens is 380 g/mol. The molecule has 1 aliphatic rings. The molecule has 0 aromatic heterocycles. The maximum atomic E-state index is 13.1. The average molecular weight is 411 g/mol. The highest BCUT2D eigenvalue weighted by atomic mass is 16.5. The van der Waals surface area contributed by atoms with Gasteiger partial charge in [-0.25, -0.2) is 0 Å². The molecule has 6 nitrogen and oxygen atoms in total. The first-order chi connectivity index (χ1) is 14.4. The number of rotatable bonds is 7. The summed E-state index contributed by atoms with van der Waals surface area (Å²) in [6.45, 7) is 4.81. The van der Waals surface area contributed by atoms with Crippen molar-refractivity contribution in [1.82, 2.24) is 10.2 Å². The molecule has 0 radical (unpaired) electrons. The van der Waals surface area contributed by atoms with E-state index in [1.165, 1.54) is 0 Å². The molecule has 3 rings (SSSR count). The topological polar surface area (TPSA) is 67.9 Å². The van der Waals surface area contributed by atoms with E-state index in [0.717, 1.165) is 16.7 Å². The van der Waals surface area contributed by atoms with E-state index in [2.05, 4.69) is 5.32 Å². The van der Waals surface area contributed by atoms with Crippen molar-refractivity contribution in [1.29, 1.82) is 0 Å². The van der Waals surface area contributed by atoms with Crippen LogP contribution in [0.25, 0.3) is 0 Å². The van der Waals surface area contributed by atoms with Crippen LogP contribution in [0.15, 0.2) is 42.5 Å². The van der Waals surface area contributed by atoms with Crippen molar-refractivity contribution < 1.29 is 19.1 Å². The van der Waals surface area contributed by atoms with Crippen LogP contribution in [0.3, 0.4) is 0 Å². The summed E-state index contributed by atoms with van der Waals surface area (Å²) in [5.74, 6) is 1.44. The zero-order chi connectivity index (χ0) is 21.7. The molecule has 30 heavy (non-hydrogen) atoms. The van der Waals surface area contributed by atoms with Crippen LogP contribution in [0.1, 0.15) is 37.0 Å². The van der Waals surface area contributed by atoms with Crippen LogP contribution in [0.5, 0.6) is 11.5 Å². The third-order valence-corrected chi connectivity index (χ3v) is 5.40. The highest BCUT2D eigenvalue weighted by Gasteiger charge is 2.34. The molecule has 2 amide bonds. The Kier molecular flexibility index (Phi) is 6.98. The van der Waals surface area contributed by atoms with E-state index in [-0.39, 0.29) is 17.7 Å². The van der Waals surface area contributed by atoms with E-state index in [4.69, 9.17) is 9.47 Å². The lowest BCUT2D eigenvalue weighted by atomic mass is 9.92. The second kappa shape index (κ2) is 9.65. The second-order valence-corrected chi connectivity index (χ2v) is 8.00. The largest absolute Gasteiger partial charge is 0.497 e. The van der Waals surface area contributed by atoms with Gasteiger partial charge in [0, 0.05) is 37.6 Å². The molecule has 6 heteroatoms. The van der Waals surface area contributed by atoms with Crippen LogP contribution >= 0.6 is 0 Å². The maximum Gasteiger partial charge on any atom is 0.243 e. The molecule has 0 spiro atoms. The molecule has 1 unspecified atom stereocenters. The third-order valence-electron chi connectivity index (χ3n) is 5.40. The number of ether oxygens (including phenoxy) is 2. The Morgan fingerprint density at radius 3 is 2.50 bits per heavy atom. The Hall–Kier alpha value is -3.02. The number of carbonyl (C=O) groups is 2. The molecule has 1 N–H and O–H groups in total. The average Bonchev–Trinajstić information content (AvgIpc) is 2.75. The van der Waals surface area contributed by atoms with Gasteiger partial charge in [0.15, 0.2) is 0 Å². The van der Waals surface area contributed by atoms with Gasteiger partial charge in [-0.1, -0.05) is 38.1 Å². The lowest BCUT2D eigenvalue weighted by molar-refractivity contribution is -0.142. The van der Waals surface area contributed by atoms with Crippen LogP contribution in [0, 0.1) is 5.92 Å². The molecule has 2 aromatic carbocycles. The van der Waals surface area contributed by atoms with Gasteiger partial charge in [0.05, 0.1) is 14.2 Å².